The molecule has 1 saturated heterocycles. The van der Waals surface area contributed by atoms with Crippen LogP contribution in [0.1, 0.15) is 45.1 Å². The van der Waals surface area contributed by atoms with Crippen LogP contribution in [-0.4, -0.2) is 29.8 Å². The molecule has 2 atom stereocenters. The smallest absolute Gasteiger partial charge is 0.0810 e. The van der Waals surface area contributed by atoms with Gasteiger partial charge < -0.3 is 10.1 Å². The molecular formula is C16H26N2O. The highest BCUT2D eigenvalue weighted by atomic mass is 16.5. The number of pyridine rings is 1. The normalized spacial score (nSPS) is 25.2. The second-order valence-corrected chi connectivity index (χ2v) is 5.69. The minimum atomic E-state index is -0.0384. The predicted molar refractivity (Wildman–Crippen MR) is 78.2 cm³/mol. The van der Waals surface area contributed by atoms with E-state index < -0.39 is 0 Å². The highest BCUT2D eigenvalue weighted by Crippen LogP contribution is 2.29. The number of rotatable bonds is 6. The molecule has 2 unspecified atom stereocenters. The minimum Gasteiger partial charge on any atom is -0.374 e. The van der Waals surface area contributed by atoms with E-state index in [2.05, 4.69) is 30.2 Å². The van der Waals surface area contributed by atoms with E-state index >= 15 is 0 Å². The van der Waals surface area contributed by atoms with Gasteiger partial charge in [0.05, 0.1) is 5.60 Å². The van der Waals surface area contributed by atoms with Crippen LogP contribution in [-0.2, 0) is 11.2 Å². The molecule has 1 aliphatic rings. The second-order valence-electron chi connectivity index (χ2n) is 5.69. The van der Waals surface area contributed by atoms with E-state index in [1.54, 1.807) is 0 Å². The zero-order valence-electron chi connectivity index (χ0n) is 12.2. The van der Waals surface area contributed by atoms with Crippen molar-refractivity contribution in [2.75, 3.05) is 13.2 Å². The summed E-state index contributed by atoms with van der Waals surface area (Å²) in [4.78, 5) is 4.22. The molecule has 1 N–H and O–H groups in total. The van der Waals surface area contributed by atoms with Gasteiger partial charge in [-0.3, -0.25) is 4.98 Å². The lowest BCUT2D eigenvalue weighted by Gasteiger charge is -2.41. The first-order valence-electron chi connectivity index (χ1n) is 7.51. The molecule has 0 saturated carbocycles. The first kappa shape index (κ1) is 14.5. The minimum absolute atomic E-state index is 0.0384. The summed E-state index contributed by atoms with van der Waals surface area (Å²) in [6.07, 6.45) is 9.55. The Kier molecular flexibility index (Phi) is 5.34. The van der Waals surface area contributed by atoms with Gasteiger partial charge in [0.1, 0.15) is 0 Å². The van der Waals surface area contributed by atoms with Crippen molar-refractivity contribution in [3.63, 3.8) is 0 Å². The molecule has 0 amide bonds. The van der Waals surface area contributed by atoms with Gasteiger partial charge in [0.2, 0.25) is 0 Å². The molecule has 0 radical (unpaired) electrons. The molecule has 2 heterocycles. The molecular weight excluding hydrogens is 236 g/mol. The number of ether oxygens (including phenoxy) is 1. The van der Waals surface area contributed by atoms with Crippen molar-refractivity contribution in [1.29, 1.82) is 0 Å². The van der Waals surface area contributed by atoms with Gasteiger partial charge in [-0.15, -0.1) is 0 Å². The number of nitrogens with one attached hydrogen (secondary N) is 1. The van der Waals surface area contributed by atoms with Gasteiger partial charge in [-0.05, 0) is 57.2 Å². The van der Waals surface area contributed by atoms with Gasteiger partial charge >= 0.3 is 0 Å². The summed E-state index contributed by atoms with van der Waals surface area (Å²) in [6, 6.07) is 4.53. The van der Waals surface area contributed by atoms with E-state index in [0.717, 1.165) is 32.4 Å². The SMILES string of the molecule is CCCNC(Cc1cccnc1)C1(C)CCCCO1. The standard InChI is InChI=1S/C16H26N2O/c1-3-9-18-15(12-14-7-6-10-17-13-14)16(2)8-4-5-11-19-16/h6-7,10,13,15,18H,3-5,8-9,11-12H2,1-2H3. The van der Waals surface area contributed by atoms with E-state index in [1.807, 2.05) is 18.5 Å². The summed E-state index contributed by atoms with van der Waals surface area (Å²) in [5.74, 6) is 0. The maximum absolute atomic E-state index is 6.11. The van der Waals surface area contributed by atoms with Gasteiger partial charge in [0.25, 0.3) is 0 Å². The number of hydrogen-bond donors (Lipinski definition) is 1. The number of hydrogen-bond acceptors (Lipinski definition) is 3. The maximum atomic E-state index is 6.11. The lowest BCUT2D eigenvalue weighted by atomic mass is 9.85. The molecule has 3 heteroatoms. The van der Waals surface area contributed by atoms with Crippen LogP contribution in [0.2, 0.25) is 0 Å². The molecule has 1 fully saturated rings. The topological polar surface area (TPSA) is 34.2 Å². The van der Waals surface area contributed by atoms with E-state index in [0.29, 0.717) is 6.04 Å². The van der Waals surface area contributed by atoms with Gasteiger partial charge in [0.15, 0.2) is 0 Å². The van der Waals surface area contributed by atoms with Crippen molar-refractivity contribution < 1.29 is 4.74 Å². The summed E-state index contributed by atoms with van der Waals surface area (Å²) >= 11 is 0. The molecule has 0 aliphatic carbocycles. The average Bonchev–Trinajstić information content (AvgIpc) is 2.45. The quantitative estimate of drug-likeness (QED) is 0.856. The molecule has 106 valence electrons. The molecule has 0 bridgehead atoms. The largest absolute Gasteiger partial charge is 0.374 e. The lowest BCUT2D eigenvalue weighted by molar-refractivity contribution is -0.0883. The third-order valence-electron chi connectivity index (χ3n) is 4.04. The number of nitrogens with zero attached hydrogens (tertiary/aromatic N) is 1. The van der Waals surface area contributed by atoms with Crippen LogP contribution < -0.4 is 5.32 Å². The Morgan fingerprint density at radius 3 is 3.00 bits per heavy atom. The predicted octanol–water partition coefficient (Wildman–Crippen LogP) is 2.95. The molecule has 2 rings (SSSR count). The van der Waals surface area contributed by atoms with Crippen LogP contribution in [0, 0.1) is 0 Å². The van der Waals surface area contributed by atoms with Crippen LogP contribution >= 0.6 is 0 Å². The summed E-state index contributed by atoms with van der Waals surface area (Å²) in [5, 5.41) is 3.68. The van der Waals surface area contributed by atoms with Crippen molar-refractivity contribution in [3.8, 4) is 0 Å². The fourth-order valence-electron chi connectivity index (χ4n) is 2.81. The van der Waals surface area contributed by atoms with Crippen molar-refractivity contribution in [3.05, 3.63) is 30.1 Å². The van der Waals surface area contributed by atoms with Gasteiger partial charge in [-0.25, -0.2) is 0 Å². The Balaban J connectivity index is 2.06. The molecule has 0 aromatic carbocycles. The zero-order valence-corrected chi connectivity index (χ0v) is 12.2. The highest BCUT2D eigenvalue weighted by molar-refractivity contribution is 5.12. The zero-order chi connectivity index (χ0) is 13.6. The molecule has 19 heavy (non-hydrogen) atoms. The molecule has 1 aliphatic heterocycles. The fourth-order valence-corrected chi connectivity index (χ4v) is 2.81. The lowest BCUT2D eigenvalue weighted by Crippen LogP contribution is -2.53. The monoisotopic (exact) mass is 262 g/mol. The first-order chi connectivity index (χ1) is 9.24. The third kappa shape index (κ3) is 4.02. The van der Waals surface area contributed by atoms with Crippen molar-refractivity contribution in [2.24, 2.45) is 0 Å². The molecule has 0 spiro atoms. The Labute approximate surface area is 116 Å². The average molecular weight is 262 g/mol. The first-order valence-corrected chi connectivity index (χ1v) is 7.51. The Bertz CT molecular complexity index is 360. The van der Waals surface area contributed by atoms with Crippen LogP contribution in [0.5, 0.6) is 0 Å². The van der Waals surface area contributed by atoms with Gasteiger partial charge in [-0.1, -0.05) is 13.0 Å². The van der Waals surface area contributed by atoms with E-state index in [1.165, 1.54) is 18.4 Å². The number of aromatic nitrogens is 1. The van der Waals surface area contributed by atoms with Crippen molar-refractivity contribution in [1.82, 2.24) is 10.3 Å². The summed E-state index contributed by atoms with van der Waals surface area (Å²) in [5.41, 5.74) is 1.25. The van der Waals surface area contributed by atoms with Crippen molar-refractivity contribution >= 4 is 0 Å². The molecule has 1 aromatic rings. The summed E-state index contributed by atoms with van der Waals surface area (Å²) in [6.45, 7) is 6.41. The van der Waals surface area contributed by atoms with E-state index in [9.17, 15) is 0 Å². The second kappa shape index (κ2) is 7.01. The highest BCUT2D eigenvalue weighted by Gasteiger charge is 2.36. The third-order valence-corrected chi connectivity index (χ3v) is 4.04. The van der Waals surface area contributed by atoms with Crippen LogP contribution in [0.25, 0.3) is 0 Å². The van der Waals surface area contributed by atoms with Crippen LogP contribution in [0.3, 0.4) is 0 Å². The molecule has 1 aromatic heterocycles. The summed E-state index contributed by atoms with van der Waals surface area (Å²) in [7, 11) is 0. The van der Waals surface area contributed by atoms with Gasteiger partial charge in [0, 0.05) is 25.0 Å². The van der Waals surface area contributed by atoms with E-state index in [-0.39, 0.29) is 5.60 Å². The van der Waals surface area contributed by atoms with Crippen LogP contribution in [0.4, 0.5) is 0 Å². The maximum Gasteiger partial charge on any atom is 0.0810 e. The molecule has 3 nitrogen and oxygen atoms in total. The Morgan fingerprint density at radius 1 is 1.47 bits per heavy atom. The summed E-state index contributed by atoms with van der Waals surface area (Å²) < 4.78 is 6.11. The van der Waals surface area contributed by atoms with Gasteiger partial charge in [-0.2, -0.15) is 0 Å². The van der Waals surface area contributed by atoms with E-state index in [4.69, 9.17) is 4.74 Å². The Hall–Kier alpha value is -0.930. The van der Waals surface area contributed by atoms with Crippen molar-refractivity contribution in [2.45, 2.75) is 57.6 Å². The van der Waals surface area contributed by atoms with Crippen LogP contribution in [0.15, 0.2) is 24.5 Å². The fraction of sp³-hybridized carbons (Fsp3) is 0.688. The Morgan fingerprint density at radius 2 is 2.37 bits per heavy atom.